The number of nitrogens with one attached hydrogen (secondary N) is 2. The van der Waals surface area contributed by atoms with Gasteiger partial charge in [0.25, 0.3) is 0 Å². The van der Waals surface area contributed by atoms with Crippen molar-refractivity contribution >= 4 is 47.5 Å². The van der Waals surface area contributed by atoms with Crippen LogP contribution in [0.15, 0.2) is 0 Å². The zero-order valence-electron chi connectivity index (χ0n) is 40.0. The number of phosphoric acid groups is 1. The van der Waals surface area contributed by atoms with Crippen LogP contribution >= 0.6 is 23.8 Å². The van der Waals surface area contributed by atoms with E-state index in [9.17, 15) is 28.6 Å². The van der Waals surface area contributed by atoms with Gasteiger partial charge in [0.1, 0.15) is 13.2 Å². The summed E-state index contributed by atoms with van der Waals surface area (Å²) in [6.45, 7) is 4.85. The Morgan fingerprint density at radius 1 is 0.500 bits per heavy atom. The van der Waals surface area contributed by atoms with Crippen LogP contribution in [0.4, 0.5) is 0 Å². The van der Waals surface area contributed by atoms with Crippen molar-refractivity contribution in [3.63, 3.8) is 0 Å². The molecule has 2 unspecified atom stereocenters. The molecule has 3 N–H and O–H groups in total. The number of amides is 2. The van der Waals surface area contributed by atoms with Crippen molar-refractivity contribution < 1.29 is 61.4 Å². The van der Waals surface area contributed by atoms with Crippen LogP contribution < -0.4 is 10.6 Å². The summed E-state index contributed by atoms with van der Waals surface area (Å²) in [6.07, 6.45) is 30.3. The Kier molecular flexibility index (Phi) is 46.6. The number of unbranched alkanes of at least 4 members (excludes halogenated alkanes) is 24. The fourth-order valence-corrected chi connectivity index (χ4v) is 7.67. The first-order valence-electron chi connectivity index (χ1n) is 24.9. The number of phosphoric ester groups is 1. The van der Waals surface area contributed by atoms with Crippen molar-refractivity contribution in [2.24, 2.45) is 0 Å². The van der Waals surface area contributed by atoms with E-state index in [1.165, 1.54) is 116 Å². The number of rotatable bonds is 50. The second-order valence-electron chi connectivity index (χ2n) is 16.5. The Labute approximate surface area is 395 Å². The highest BCUT2D eigenvalue weighted by atomic mass is 79.9. The molecule has 0 rings (SSSR count). The summed E-state index contributed by atoms with van der Waals surface area (Å²) in [5, 5.41) is 5.42. The Morgan fingerprint density at radius 3 is 1.39 bits per heavy atom. The van der Waals surface area contributed by atoms with E-state index in [-0.39, 0.29) is 63.7 Å². The predicted octanol–water partition coefficient (Wildman–Crippen LogP) is 10.2. The quantitative estimate of drug-likeness (QED) is 0.0226. The molecule has 0 aliphatic heterocycles. The molecule has 0 aliphatic rings. The molecule has 0 saturated carbocycles. The Morgan fingerprint density at radius 2 is 0.906 bits per heavy atom. The van der Waals surface area contributed by atoms with E-state index in [4.69, 9.17) is 32.7 Å². The average Bonchev–Trinajstić information content (AvgIpc) is 3.28. The molecular weight excluding hydrogens is 911 g/mol. The number of esters is 2. The summed E-state index contributed by atoms with van der Waals surface area (Å²) in [5.41, 5.74) is 0. The lowest BCUT2D eigenvalue weighted by molar-refractivity contribution is -0.161. The van der Waals surface area contributed by atoms with Gasteiger partial charge in [0.15, 0.2) is 6.10 Å². The molecule has 378 valence electrons. The van der Waals surface area contributed by atoms with Crippen molar-refractivity contribution in [1.82, 2.24) is 10.6 Å². The van der Waals surface area contributed by atoms with Crippen LogP contribution in [0.2, 0.25) is 0 Å². The first-order chi connectivity index (χ1) is 31.1. The van der Waals surface area contributed by atoms with E-state index in [1.54, 1.807) is 0 Å². The average molecular weight is 1000 g/mol. The maximum Gasteiger partial charge on any atom is 0.472 e. The van der Waals surface area contributed by atoms with Crippen LogP contribution in [-0.4, -0.2) is 113 Å². The van der Waals surface area contributed by atoms with Crippen molar-refractivity contribution in [1.29, 1.82) is 0 Å². The molecule has 0 saturated heterocycles. The van der Waals surface area contributed by atoms with Crippen LogP contribution in [0.25, 0.3) is 0 Å². The van der Waals surface area contributed by atoms with Crippen LogP contribution in [0.1, 0.15) is 194 Å². The van der Waals surface area contributed by atoms with Crippen molar-refractivity contribution in [3.8, 4) is 0 Å². The number of carbonyl (C=O) groups excluding carboxylic acids is 4. The van der Waals surface area contributed by atoms with Gasteiger partial charge in [-0.3, -0.25) is 28.2 Å². The van der Waals surface area contributed by atoms with Crippen molar-refractivity contribution in [3.05, 3.63) is 0 Å². The number of halogens is 1. The maximum absolute atomic E-state index is 12.8. The van der Waals surface area contributed by atoms with Gasteiger partial charge in [-0.15, -0.1) is 0 Å². The van der Waals surface area contributed by atoms with Crippen LogP contribution in [0, 0.1) is 0 Å². The minimum atomic E-state index is -4.61. The fourth-order valence-electron chi connectivity index (χ4n) is 6.72. The highest BCUT2D eigenvalue weighted by Crippen LogP contribution is 2.43. The normalized spacial score (nSPS) is 12.8. The second-order valence-corrected chi connectivity index (χ2v) is 18.5. The highest BCUT2D eigenvalue weighted by molar-refractivity contribution is 9.09. The Hall–Kier alpha value is -1.65. The molecule has 64 heavy (non-hydrogen) atoms. The van der Waals surface area contributed by atoms with E-state index in [0.29, 0.717) is 39.2 Å². The molecule has 2 amide bonds. The van der Waals surface area contributed by atoms with E-state index in [2.05, 4.69) is 40.4 Å². The van der Waals surface area contributed by atoms with Crippen LogP contribution in [0.3, 0.4) is 0 Å². The fraction of sp³-hybridized carbons (Fsp3) is 0.915. The third-order valence-electron chi connectivity index (χ3n) is 10.5. The number of ether oxygens (including phenoxy) is 5. The smallest absolute Gasteiger partial charge is 0.462 e. The summed E-state index contributed by atoms with van der Waals surface area (Å²) < 4.78 is 49.7. The lowest BCUT2D eigenvalue weighted by Gasteiger charge is -2.20. The molecule has 15 nitrogen and oxygen atoms in total. The minimum absolute atomic E-state index is 0.0889. The van der Waals surface area contributed by atoms with Gasteiger partial charge >= 0.3 is 19.8 Å². The van der Waals surface area contributed by atoms with Gasteiger partial charge in [0, 0.05) is 25.9 Å². The third-order valence-corrected chi connectivity index (χ3v) is 12.0. The maximum atomic E-state index is 12.8. The van der Waals surface area contributed by atoms with Gasteiger partial charge in [-0.25, -0.2) is 4.57 Å². The van der Waals surface area contributed by atoms with E-state index >= 15 is 0 Å². The molecule has 0 aromatic rings. The van der Waals surface area contributed by atoms with Crippen LogP contribution in [-0.2, 0) is 56.5 Å². The molecular formula is C47H90BrN2O13P. The SMILES string of the molecule is CCCCCCCCCCCCCCCC(=O)OCC(COP(=O)(O)OCCNC(=O)COCCOCCOCCNC(=O)CBr)OC(=O)CCCCCCCCCCCCCCC. The molecule has 0 heterocycles. The Balaban J connectivity index is 4.49. The van der Waals surface area contributed by atoms with E-state index < -0.39 is 38.4 Å². The van der Waals surface area contributed by atoms with Gasteiger partial charge in [-0.2, -0.15) is 0 Å². The highest BCUT2D eigenvalue weighted by Gasteiger charge is 2.26. The van der Waals surface area contributed by atoms with Crippen molar-refractivity contribution in [2.75, 3.05) is 77.9 Å². The minimum Gasteiger partial charge on any atom is -0.462 e. The molecule has 17 heteroatoms. The molecule has 0 bridgehead atoms. The zero-order chi connectivity index (χ0) is 47.0. The largest absolute Gasteiger partial charge is 0.472 e. The molecule has 0 aromatic carbocycles. The van der Waals surface area contributed by atoms with Crippen molar-refractivity contribution in [2.45, 2.75) is 200 Å². The molecule has 2 atom stereocenters. The number of hydrogen-bond donors (Lipinski definition) is 3. The standard InChI is InChI=1S/C47H90BrN2O13P/c1-3-5-7-9-11-13-15-17-19-21-23-25-27-29-46(53)60-40-43(63-47(54)30-28-26-24-22-20-18-16-14-12-10-8-6-4-2)41-62-64(55,56)61-34-32-50-45(52)42-59-38-37-58-36-35-57-33-31-49-44(51)39-48/h43H,3-42H2,1-2H3,(H,49,51)(H,50,52)(H,55,56). The monoisotopic (exact) mass is 1000 g/mol. The molecule has 0 aromatic heterocycles. The Bertz CT molecular complexity index is 1160. The first kappa shape index (κ1) is 62.4. The summed E-state index contributed by atoms with van der Waals surface area (Å²) in [7, 11) is -4.61. The number of alkyl halides is 1. The second kappa shape index (κ2) is 47.8. The first-order valence-corrected chi connectivity index (χ1v) is 27.5. The lowest BCUT2D eigenvalue weighted by Crippen LogP contribution is -2.31. The van der Waals surface area contributed by atoms with Gasteiger partial charge < -0.3 is 39.2 Å². The zero-order valence-corrected chi connectivity index (χ0v) is 42.5. The summed E-state index contributed by atoms with van der Waals surface area (Å²) in [5.74, 6) is -1.49. The topological polar surface area (TPSA) is 194 Å². The molecule has 0 radical (unpaired) electrons. The van der Waals surface area contributed by atoms with E-state index in [1.807, 2.05) is 0 Å². The number of carbonyl (C=O) groups is 4. The summed E-state index contributed by atoms with van der Waals surface area (Å²) in [6, 6.07) is 0. The molecule has 0 aliphatic carbocycles. The van der Waals surface area contributed by atoms with Crippen LogP contribution in [0.5, 0.6) is 0 Å². The summed E-state index contributed by atoms with van der Waals surface area (Å²) in [4.78, 5) is 58.8. The predicted molar refractivity (Wildman–Crippen MR) is 255 cm³/mol. The summed E-state index contributed by atoms with van der Waals surface area (Å²) >= 11 is 3.06. The van der Waals surface area contributed by atoms with Gasteiger partial charge in [-0.1, -0.05) is 184 Å². The molecule has 0 spiro atoms. The van der Waals surface area contributed by atoms with Gasteiger partial charge in [0.2, 0.25) is 11.8 Å². The van der Waals surface area contributed by atoms with E-state index in [0.717, 1.165) is 38.5 Å². The van der Waals surface area contributed by atoms with Gasteiger partial charge in [-0.05, 0) is 12.8 Å². The molecule has 0 fully saturated rings. The lowest BCUT2D eigenvalue weighted by atomic mass is 10.0. The number of hydrogen-bond acceptors (Lipinski definition) is 12. The van der Waals surface area contributed by atoms with Gasteiger partial charge in [0.05, 0.1) is 51.6 Å². The third kappa shape index (κ3) is 46.9.